The number of halogens is 1. The molecule has 1 unspecified atom stereocenters. The highest BCUT2D eigenvalue weighted by Gasteiger charge is 2.22. The van der Waals surface area contributed by atoms with E-state index in [-0.39, 0.29) is 6.61 Å². The van der Waals surface area contributed by atoms with E-state index in [0.717, 1.165) is 26.9 Å². The van der Waals surface area contributed by atoms with E-state index in [4.69, 9.17) is 18.9 Å². The van der Waals surface area contributed by atoms with Gasteiger partial charge in [0.05, 0.1) is 10.5 Å². The molecule has 0 saturated heterocycles. The molecule has 0 aliphatic rings. The Morgan fingerprint density at radius 1 is 0.750 bits per heavy atom. The molecule has 0 aliphatic carbocycles. The molecule has 0 aliphatic heterocycles. The number of hydrogen-bond donors (Lipinski definition) is 1. The second-order valence-corrected chi connectivity index (χ2v) is 11.1. The van der Waals surface area contributed by atoms with Crippen LogP contribution in [0.1, 0.15) is 43.5 Å². The SMILES string of the molecule is CC(C)(C)OC(=O)NC(COc1cc(OCc2ccccc2)ccc1Br)c1ccc(OCc2ccccc2)cc1. The van der Waals surface area contributed by atoms with Crippen molar-refractivity contribution in [3.05, 3.63) is 124 Å². The van der Waals surface area contributed by atoms with Crippen LogP contribution in [-0.2, 0) is 18.0 Å². The normalized spacial score (nSPS) is 11.8. The molecule has 40 heavy (non-hydrogen) atoms. The molecule has 4 aromatic rings. The van der Waals surface area contributed by atoms with Crippen molar-refractivity contribution in [1.82, 2.24) is 5.32 Å². The summed E-state index contributed by atoms with van der Waals surface area (Å²) < 4.78 is 24.4. The van der Waals surface area contributed by atoms with E-state index in [9.17, 15) is 4.79 Å². The topological polar surface area (TPSA) is 66.0 Å². The van der Waals surface area contributed by atoms with Crippen LogP contribution >= 0.6 is 15.9 Å². The summed E-state index contributed by atoms with van der Waals surface area (Å²) in [4.78, 5) is 12.7. The Bertz CT molecular complexity index is 1360. The van der Waals surface area contributed by atoms with Gasteiger partial charge in [0.15, 0.2) is 0 Å². The molecule has 1 amide bonds. The van der Waals surface area contributed by atoms with Gasteiger partial charge in [-0.1, -0.05) is 72.8 Å². The zero-order chi connectivity index (χ0) is 28.4. The summed E-state index contributed by atoms with van der Waals surface area (Å²) >= 11 is 3.56. The first-order chi connectivity index (χ1) is 19.2. The van der Waals surface area contributed by atoms with Gasteiger partial charge in [-0.3, -0.25) is 0 Å². The summed E-state index contributed by atoms with van der Waals surface area (Å²) in [5.74, 6) is 2.01. The lowest BCUT2D eigenvalue weighted by atomic mass is 10.1. The molecule has 0 radical (unpaired) electrons. The average molecular weight is 605 g/mol. The van der Waals surface area contributed by atoms with Gasteiger partial charge < -0.3 is 24.3 Å². The van der Waals surface area contributed by atoms with Crippen molar-refractivity contribution in [1.29, 1.82) is 0 Å². The van der Waals surface area contributed by atoms with Crippen LogP contribution in [0.2, 0.25) is 0 Å². The summed E-state index contributed by atoms with van der Waals surface area (Å²) in [6.45, 7) is 6.58. The predicted molar refractivity (Wildman–Crippen MR) is 160 cm³/mol. The summed E-state index contributed by atoms with van der Waals surface area (Å²) in [5.41, 5.74) is 2.39. The van der Waals surface area contributed by atoms with Crippen LogP contribution in [0.25, 0.3) is 0 Å². The van der Waals surface area contributed by atoms with Gasteiger partial charge in [0.2, 0.25) is 0 Å². The molecule has 1 atom stereocenters. The van der Waals surface area contributed by atoms with Crippen LogP contribution in [0.3, 0.4) is 0 Å². The van der Waals surface area contributed by atoms with Crippen molar-refractivity contribution in [2.45, 2.75) is 45.6 Å². The first-order valence-corrected chi connectivity index (χ1v) is 13.9. The van der Waals surface area contributed by atoms with Gasteiger partial charge in [-0.2, -0.15) is 0 Å². The van der Waals surface area contributed by atoms with E-state index in [2.05, 4.69) is 21.2 Å². The number of nitrogens with one attached hydrogen (secondary N) is 1. The fraction of sp³-hybridized carbons (Fsp3) is 0.242. The van der Waals surface area contributed by atoms with Gasteiger partial charge in [-0.25, -0.2) is 4.79 Å². The largest absolute Gasteiger partial charge is 0.490 e. The van der Waals surface area contributed by atoms with E-state index in [0.29, 0.717) is 24.7 Å². The van der Waals surface area contributed by atoms with Crippen molar-refractivity contribution in [3.8, 4) is 17.2 Å². The quantitative estimate of drug-likeness (QED) is 0.187. The van der Waals surface area contributed by atoms with Crippen molar-refractivity contribution in [2.75, 3.05) is 6.61 Å². The Morgan fingerprint density at radius 3 is 1.88 bits per heavy atom. The van der Waals surface area contributed by atoms with Gasteiger partial charge in [0.25, 0.3) is 0 Å². The Kier molecular flexibility index (Phi) is 10.1. The molecule has 7 heteroatoms. The minimum absolute atomic E-state index is 0.171. The number of benzene rings is 4. The molecule has 0 aromatic heterocycles. The van der Waals surface area contributed by atoms with Gasteiger partial charge in [-0.15, -0.1) is 0 Å². The third-order valence-electron chi connectivity index (χ3n) is 5.78. The van der Waals surface area contributed by atoms with Crippen molar-refractivity contribution < 1.29 is 23.7 Å². The maximum absolute atomic E-state index is 12.7. The maximum atomic E-state index is 12.7. The summed E-state index contributed by atoms with van der Waals surface area (Å²) in [6, 6.07) is 32.7. The van der Waals surface area contributed by atoms with E-state index < -0.39 is 17.7 Å². The van der Waals surface area contributed by atoms with Crippen LogP contribution in [-0.4, -0.2) is 18.3 Å². The maximum Gasteiger partial charge on any atom is 0.408 e. The molecule has 0 spiro atoms. The second-order valence-electron chi connectivity index (χ2n) is 10.2. The molecule has 0 fully saturated rings. The fourth-order valence-electron chi connectivity index (χ4n) is 3.81. The van der Waals surface area contributed by atoms with Gasteiger partial charge in [0, 0.05) is 6.07 Å². The molecule has 6 nitrogen and oxygen atoms in total. The number of ether oxygens (including phenoxy) is 4. The molecule has 4 rings (SSSR count). The summed E-state index contributed by atoms with van der Waals surface area (Å²) in [6.07, 6.45) is -0.524. The van der Waals surface area contributed by atoms with Gasteiger partial charge in [-0.05, 0) is 77.7 Å². The Labute approximate surface area is 244 Å². The zero-order valence-corrected chi connectivity index (χ0v) is 24.5. The number of rotatable bonds is 11. The van der Waals surface area contributed by atoms with Gasteiger partial charge >= 0.3 is 6.09 Å². The Hall–Kier alpha value is -3.97. The Balaban J connectivity index is 1.44. The van der Waals surface area contributed by atoms with Crippen molar-refractivity contribution >= 4 is 22.0 Å². The molecule has 0 heterocycles. The van der Waals surface area contributed by atoms with E-state index >= 15 is 0 Å². The second kappa shape index (κ2) is 13.9. The molecule has 4 aromatic carbocycles. The smallest absolute Gasteiger partial charge is 0.408 e. The zero-order valence-electron chi connectivity index (χ0n) is 22.9. The summed E-state index contributed by atoms with van der Waals surface area (Å²) in [5, 5.41) is 2.94. The van der Waals surface area contributed by atoms with Crippen molar-refractivity contribution in [3.63, 3.8) is 0 Å². The van der Waals surface area contributed by atoms with Crippen LogP contribution in [0.5, 0.6) is 17.2 Å². The number of carbonyl (C=O) groups excluding carboxylic acids is 1. The molecule has 0 bridgehead atoms. The minimum Gasteiger partial charge on any atom is -0.490 e. The number of amides is 1. The molecule has 1 N–H and O–H groups in total. The molecule has 208 valence electrons. The van der Waals surface area contributed by atoms with Crippen LogP contribution in [0.15, 0.2) is 108 Å². The third kappa shape index (κ3) is 9.35. The molecular weight excluding hydrogens is 570 g/mol. The monoisotopic (exact) mass is 603 g/mol. The van der Waals surface area contributed by atoms with E-state index in [1.54, 1.807) is 0 Å². The minimum atomic E-state index is -0.627. The lowest BCUT2D eigenvalue weighted by Gasteiger charge is -2.24. The van der Waals surface area contributed by atoms with Gasteiger partial charge in [0.1, 0.15) is 42.7 Å². The number of alkyl carbamates (subject to hydrolysis) is 1. The van der Waals surface area contributed by atoms with Crippen molar-refractivity contribution in [2.24, 2.45) is 0 Å². The van der Waals surface area contributed by atoms with Crippen LogP contribution in [0.4, 0.5) is 4.79 Å². The first kappa shape index (κ1) is 29.0. The highest BCUT2D eigenvalue weighted by molar-refractivity contribution is 9.10. The highest BCUT2D eigenvalue weighted by atomic mass is 79.9. The third-order valence-corrected chi connectivity index (χ3v) is 6.43. The lowest BCUT2D eigenvalue weighted by Crippen LogP contribution is -2.37. The summed E-state index contributed by atoms with van der Waals surface area (Å²) in [7, 11) is 0. The molecule has 0 saturated carbocycles. The van der Waals surface area contributed by atoms with E-state index in [1.807, 2.05) is 124 Å². The van der Waals surface area contributed by atoms with Crippen LogP contribution in [0, 0.1) is 0 Å². The lowest BCUT2D eigenvalue weighted by molar-refractivity contribution is 0.0486. The first-order valence-electron chi connectivity index (χ1n) is 13.1. The molecular formula is C33H34BrNO5. The predicted octanol–water partition coefficient (Wildman–Crippen LogP) is 8.25. The highest BCUT2D eigenvalue weighted by Crippen LogP contribution is 2.31. The Morgan fingerprint density at radius 2 is 1.30 bits per heavy atom. The fourth-order valence-corrected chi connectivity index (χ4v) is 4.17. The standard InChI is InChI=1S/C33H34BrNO5/c1-33(2,3)40-32(36)35-30(26-14-16-27(17-15-26)37-21-24-10-6-4-7-11-24)23-39-31-20-28(18-19-29(31)34)38-22-25-12-8-5-9-13-25/h4-20,30H,21-23H2,1-3H3,(H,35,36). The number of hydrogen-bond acceptors (Lipinski definition) is 5. The van der Waals surface area contributed by atoms with E-state index in [1.165, 1.54) is 0 Å². The van der Waals surface area contributed by atoms with Crippen LogP contribution < -0.4 is 19.5 Å². The average Bonchev–Trinajstić information content (AvgIpc) is 2.94. The number of carbonyl (C=O) groups is 1.